The van der Waals surface area contributed by atoms with Crippen LogP contribution in [0, 0.1) is 6.92 Å². The molecular formula is C15H20BrN3. The van der Waals surface area contributed by atoms with Crippen molar-refractivity contribution in [2.24, 2.45) is 0 Å². The van der Waals surface area contributed by atoms with Gasteiger partial charge in [-0.05, 0) is 45.0 Å². The van der Waals surface area contributed by atoms with Gasteiger partial charge < -0.3 is 5.32 Å². The maximum absolute atomic E-state index is 4.53. The maximum atomic E-state index is 4.53. The molecule has 19 heavy (non-hydrogen) atoms. The summed E-state index contributed by atoms with van der Waals surface area (Å²) in [5, 5.41) is 7.93. The number of halogens is 1. The highest BCUT2D eigenvalue weighted by molar-refractivity contribution is 9.10. The minimum absolute atomic E-state index is 0.278. The third-order valence-corrected chi connectivity index (χ3v) is 4.09. The molecule has 0 aliphatic heterocycles. The molecular weight excluding hydrogens is 302 g/mol. The van der Waals surface area contributed by atoms with Crippen LogP contribution in [0.1, 0.15) is 29.9 Å². The van der Waals surface area contributed by atoms with Crippen LogP contribution in [0.25, 0.3) is 0 Å². The molecule has 0 aliphatic carbocycles. The third kappa shape index (κ3) is 3.25. The summed E-state index contributed by atoms with van der Waals surface area (Å²) >= 11 is 3.62. The molecule has 102 valence electrons. The van der Waals surface area contributed by atoms with Crippen LogP contribution in [0.5, 0.6) is 0 Å². The normalized spacial score (nSPS) is 12.6. The fourth-order valence-electron chi connectivity index (χ4n) is 2.34. The number of nitrogens with zero attached hydrogens (tertiary/aromatic N) is 2. The van der Waals surface area contributed by atoms with Crippen molar-refractivity contribution >= 4 is 15.9 Å². The van der Waals surface area contributed by atoms with E-state index in [4.69, 9.17) is 0 Å². The number of hydrogen-bond donors (Lipinski definition) is 1. The largest absolute Gasteiger partial charge is 0.311 e. The van der Waals surface area contributed by atoms with Crippen LogP contribution in [0.3, 0.4) is 0 Å². The maximum Gasteiger partial charge on any atom is 0.0597 e. The topological polar surface area (TPSA) is 29.9 Å². The monoisotopic (exact) mass is 321 g/mol. The first-order valence-corrected chi connectivity index (χ1v) is 7.40. The Morgan fingerprint density at radius 1 is 1.37 bits per heavy atom. The van der Waals surface area contributed by atoms with E-state index in [1.54, 1.807) is 0 Å². The number of likely N-dealkylation sites (N-methyl/N-ethyl adjacent to an activating group) is 1. The molecule has 0 radical (unpaired) electrons. The van der Waals surface area contributed by atoms with Gasteiger partial charge in [0, 0.05) is 11.0 Å². The van der Waals surface area contributed by atoms with Gasteiger partial charge in [-0.2, -0.15) is 5.10 Å². The summed E-state index contributed by atoms with van der Waals surface area (Å²) in [4.78, 5) is 0. The Labute approximate surface area is 123 Å². The average molecular weight is 322 g/mol. The molecule has 0 saturated carbocycles. The Hall–Kier alpha value is -1.13. The van der Waals surface area contributed by atoms with Crippen molar-refractivity contribution in [2.75, 3.05) is 7.05 Å². The Morgan fingerprint density at radius 2 is 2.11 bits per heavy atom. The quantitative estimate of drug-likeness (QED) is 0.913. The lowest BCUT2D eigenvalue weighted by Gasteiger charge is -2.18. The fraction of sp³-hybridized carbons (Fsp3) is 0.400. The van der Waals surface area contributed by atoms with E-state index in [9.17, 15) is 0 Å². The Balaban J connectivity index is 2.27. The summed E-state index contributed by atoms with van der Waals surface area (Å²) in [6.07, 6.45) is 0.947. The highest BCUT2D eigenvalue weighted by Crippen LogP contribution is 2.24. The van der Waals surface area contributed by atoms with E-state index in [-0.39, 0.29) is 6.04 Å². The van der Waals surface area contributed by atoms with Gasteiger partial charge in [0.25, 0.3) is 0 Å². The first kappa shape index (κ1) is 14.3. The average Bonchev–Trinajstić information content (AvgIpc) is 2.79. The van der Waals surface area contributed by atoms with Gasteiger partial charge >= 0.3 is 0 Å². The number of aromatic nitrogens is 2. The van der Waals surface area contributed by atoms with E-state index in [2.05, 4.69) is 62.2 Å². The molecule has 4 heteroatoms. The van der Waals surface area contributed by atoms with Crippen molar-refractivity contribution in [1.82, 2.24) is 15.1 Å². The Bertz CT molecular complexity index is 548. The number of aryl methyl sites for hydroxylation is 2. The van der Waals surface area contributed by atoms with Gasteiger partial charge in [0.2, 0.25) is 0 Å². The molecule has 2 aromatic rings. The second-order valence-electron chi connectivity index (χ2n) is 4.66. The zero-order chi connectivity index (χ0) is 13.8. The number of nitrogens with one attached hydrogen (secondary N) is 1. The summed E-state index contributed by atoms with van der Waals surface area (Å²) in [6.45, 7) is 5.07. The summed E-state index contributed by atoms with van der Waals surface area (Å²) in [5.41, 5.74) is 3.63. The van der Waals surface area contributed by atoms with Gasteiger partial charge in [-0.3, -0.25) is 4.68 Å². The third-order valence-electron chi connectivity index (χ3n) is 3.32. The van der Waals surface area contributed by atoms with Crippen LogP contribution in [-0.2, 0) is 13.0 Å². The van der Waals surface area contributed by atoms with Crippen LogP contribution in [-0.4, -0.2) is 16.8 Å². The van der Waals surface area contributed by atoms with Crippen LogP contribution < -0.4 is 5.32 Å². The molecule has 1 atom stereocenters. The zero-order valence-corrected chi connectivity index (χ0v) is 13.2. The molecule has 0 spiro atoms. The molecule has 0 bridgehead atoms. The summed E-state index contributed by atoms with van der Waals surface area (Å²) in [6, 6.07) is 10.8. The van der Waals surface area contributed by atoms with Gasteiger partial charge in [0.1, 0.15) is 0 Å². The van der Waals surface area contributed by atoms with E-state index in [0.717, 1.165) is 23.1 Å². The second kappa shape index (κ2) is 6.35. The number of rotatable bonds is 5. The molecule has 1 aromatic heterocycles. The molecule has 0 saturated heterocycles. The van der Waals surface area contributed by atoms with E-state index in [0.29, 0.717) is 0 Å². The summed E-state index contributed by atoms with van der Waals surface area (Å²) in [5.74, 6) is 0. The smallest absolute Gasteiger partial charge is 0.0597 e. The number of hydrogen-bond acceptors (Lipinski definition) is 2. The van der Waals surface area contributed by atoms with Gasteiger partial charge in [-0.25, -0.2) is 0 Å². The second-order valence-corrected chi connectivity index (χ2v) is 5.52. The highest BCUT2D eigenvalue weighted by atomic mass is 79.9. The molecule has 3 nitrogen and oxygen atoms in total. The van der Waals surface area contributed by atoms with E-state index < -0.39 is 0 Å². The lowest BCUT2D eigenvalue weighted by Crippen LogP contribution is -2.22. The van der Waals surface area contributed by atoms with Crippen molar-refractivity contribution < 1.29 is 0 Å². The molecule has 0 fully saturated rings. The molecule has 1 unspecified atom stereocenters. The van der Waals surface area contributed by atoms with E-state index in [1.807, 2.05) is 20.0 Å². The molecule has 1 aromatic carbocycles. The standard InChI is InChI=1S/C15H20BrN3/c1-4-19-15(9-11(2)18-19)14(17-3)10-12-7-5-6-8-13(12)16/h5-9,14,17H,4,10H2,1-3H3. The van der Waals surface area contributed by atoms with Crippen molar-refractivity contribution in [2.45, 2.75) is 32.9 Å². The van der Waals surface area contributed by atoms with Crippen LogP contribution in [0.2, 0.25) is 0 Å². The predicted octanol–water partition coefficient (Wildman–Crippen LogP) is 3.48. The SMILES string of the molecule is CCn1nc(C)cc1C(Cc1ccccc1Br)NC. The van der Waals surface area contributed by atoms with Crippen molar-refractivity contribution in [3.8, 4) is 0 Å². The van der Waals surface area contributed by atoms with Crippen molar-refractivity contribution in [1.29, 1.82) is 0 Å². The molecule has 2 rings (SSSR count). The highest BCUT2D eigenvalue weighted by Gasteiger charge is 2.16. The lowest BCUT2D eigenvalue weighted by molar-refractivity contribution is 0.512. The molecule has 0 aliphatic rings. The zero-order valence-electron chi connectivity index (χ0n) is 11.7. The lowest BCUT2D eigenvalue weighted by atomic mass is 10.0. The van der Waals surface area contributed by atoms with Crippen LogP contribution >= 0.6 is 15.9 Å². The molecule has 0 amide bonds. The van der Waals surface area contributed by atoms with Crippen LogP contribution in [0.4, 0.5) is 0 Å². The van der Waals surface area contributed by atoms with Crippen molar-refractivity contribution in [3.63, 3.8) is 0 Å². The van der Waals surface area contributed by atoms with Gasteiger partial charge in [0.05, 0.1) is 17.4 Å². The first-order valence-electron chi connectivity index (χ1n) is 6.60. The molecule has 1 N–H and O–H groups in total. The summed E-state index contributed by atoms with van der Waals surface area (Å²) in [7, 11) is 2.00. The predicted molar refractivity (Wildman–Crippen MR) is 82.3 cm³/mol. The van der Waals surface area contributed by atoms with Crippen molar-refractivity contribution in [3.05, 3.63) is 51.8 Å². The Morgan fingerprint density at radius 3 is 2.74 bits per heavy atom. The summed E-state index contributed by atoms with van der Waals surface area (Å²) < 4.78 is 3.24. The van der Waals surface area contributed by atoms with Gasteiger partial charge in [0.15, 0.2) is 0 Å². The first-order chi connectivity index (χ1) is 9.15. The minimum atomic E-state index is 0.278. The van der Waals surface area contributed by atoms with E-state index >= 15 is 0 Å². The van der Waals surface area contributed by atoms with Gasteiger partial charge in [-0.1, -0.05) is 34.1 Å². The Kier molecular flexibility index (Phi) is 4.77. The molecule has 1 heterocycles. The fourth-order valence-corrected chi connectivity index (χ4v) is 2.78. The van der Waals surface area contributed by atoms with Gasteiger partial charge in [-0.15, -0.1) is 0 Å². The number of benzene rings is 1. The van der Waals surface area contributed by atoms with E-state index in [1.165, 1.54) is 11.3 Å². The minimum Gasteiger partial charge on any atom is -0.311 e. The van der Waals surface area contributed by atoms with Crippen LogP contribution in [0.15, 0.2) is 34.8 Å².